The van der Waals surface area contributed by atoms with E-state index in [0.717, 1.165) is 20.3 Å². The zero-order valence-electron chi connectivity index (χ0n) is 19.9. The van der Waals surface area contributed by atoms with Gasteiger partial charge in [0, 0.05) is 9.13 Å². The van der Waals surface area contributed by atoms with Gasteiger partial charge >= 0.3 is 0 Å². The second-order valence-electron chi connectivity index (χ2n) is 7.92. The van der Waals surface area contributed by atoms with Crippen molar-refractivity contribution in [2.45, 2.75) is 32.1 Å². The Morgan fingerprint density at radius 1 is 0.857 bits per heavy atom. The first-order valence-electron chi connectivity index (χ1n) is 11.7. The van der Waals surface area contributed by atoms with Gasteiger partial charge in [-0.05, 0) is 45.9 Å². The van der Waals surface area contributed by atoms with Gasteiger partial charge in [0.1, 0.15) is 18.7 Å². The summed E-state index contributed by atoms with van der Waals surface area (Å²) in [5, 5.41) is 8.42. The molecule has 2 heterocycles. The standard InChI is InChI=1S/C27H24IN5O2/c28-23-13-11-22(12-14-23)26-32-31-19-33(26)15-24-25(34-16-20-7-3-1-4-8-20)27(30-18-29-24)35-17-21-9-5-2-6-10-21/h1-14,18-19,25,27H,15-17H2/i25D. The summed E-state index contributed by atoms with van der Waals surface area (Å²) in [5.41, 5.74) is 3.32. The van der Waals surface area contributed by atoms with E-state index in [1.165, 1.54) is 6.34 Å². The van der Waals surface area contributed by atoms with Crippen molar-refractivity contribution < 1.29 is 10.8 Å². The molecular formula is C27H24IN5O2. The maximum absolute atomic E-state index is 9.41. The second kappa shape index (κ2) is 11.5. The molecule has 0 spiro atoms. The van der Waals surface area contributed by atoms with Crippen molar-refractivity contribution in [3.05, 3.63) is 106 Å². The molecule has 176 valence electrons. The molecule has 35 heavy (non-hydrogen) atoms. The van der Waals surface area contributed by atoms with E-state index in [1.807, 2.05) is 89.5 Å². The molecular weight excluding hydrogens is 553 g/mol. The van der Waals surface area contributed by atoms with E-state index in [0.29, 0.717) is 18.1 Å². The minimum absolute atomic E-state index is 0.218. The van der Waals surface area contributed by atoms with Crippen LogP contribution in [0.5, 0.6) is 0 Å². The highest BCUT2D eigenvalue weighted by Crippen LogP contribution is 2.21. The third-order valence-corrected chi connectivity index (χ3v) is 6.17. The number of aromatic nitrogens is 3. The van der Waals surface area contributed by atoms with Gasteiger partial charge in [0.15, 0.2) is 12.1 Å². The summed E-state index contributed by atoms with van der Waals surface area (Å²) in [6.45, 7) is 0.770. The Labute approximate surface area is 219 Å². The SMILES string of the molecule is [2H]C1(OCc2ccccc2)C(Cn2cnnc2-c2ccc(I)cc2)=NC=NC1OCc1ccccc1. The lowest BCUT2D eigenvalue weighted by Gasteiger charge is -2.28. The first kappa shape index (κ1) is 22.3. The molecule has 2 atom stereocenters. The predicted octanol–water partition coefficient (Wildman–Crippen LogP) is 5.16. The average Bonchev–Trinajstić information content (AvgIpc) is 3.38. The molecule has 1 aromatic heterocycles. The molecule has 0 fully saturated rings. The Morgan fingerprint density at radius 2 is 1.51 bits per heavy atom. The van der Waals surface area contributed by atoms with E-state index in [1.54, 1.807) is 6.33 Å². The molecule has 1 aliphatic rings. The monoisotopic (exact) mass is 578 g/mol. The summed E-state index contributed by atoms with van der Waals surface area (Å²) >= 11 is 2.27. The zero-order chi connectivity index (χ0) is 24.8. The van der Waals surface area contributed by atoms with E-state index < -0.39 is 12.3 Å². The number of ether oxygens (including phenoxy) is 2. The lowest BCUT2D eigenvalue weighted by Crippen LogP contribution is -2.41. The normalized spacial score (nSPS) is 19.9. The van der Waals surface area contributed by atoms with Crippen molar-refractivity contribution in [3.8, 4) is 11.4 Å². The molecule has 3 aromatic carbocycles. The molecule has 0 saturated heterocycles. The maximum Gasteiger partial charge on any atom is 0.181 e. The minimum atomic E-state index is -1.65. The summed E-state index contributed by atoms with van der Waals surface area (Å²) in [5.74, 6) is 0.684. The number of rotatable bonds is 9. The van der Waals surface area contributed by atoms with Gasteiger partial charge in [-0.25, -0.2) is 9.98 Å². The van der Waals surface area contributed by atoms with Crippen LogP contribution >= 0.6 is 22.6 Å². The molecule has 0 aliphatic carbocycles. The van der Waals surface area contributed by atoms with Crippen LogP contribution in [0.2, 0.25) is 0 Å². The van der Waals surface area contributed by atoms with Gasteiger partial charge in [0.25, 0.3) is 0 Å². The fourth-order valence-electron chi connectivity index (χ4n) is 3.67. The lowest BCUT2D eigenvalue weighted by molar-refractivity contribution is -0.0532. The molecule has 7 nitrogen and oxygen atoms in total. The van der Waals surface area contributed by atoms with Crippen LogP contribution in [0.4, 0.5) is 0 Å². The summed E-state index contributed by atoms with van der Waals surface area (Å²) < 4.78 is 24.7. The van der Waals surface area contributed by atoms with Crippen LogP contribution in [0, 0.1) is 3.57 Å². The van der Waals surface area contributed by atoms with E-state index in [2.05, 4.69) is 42.8 Å². The maximum atomic E-state index is 9.41. The molecule has 2 unspecified atom stereocenters. The zero-order valence-corrected chi connectivity index (χ0v) is 21.0. The van der Waals surface area contributed by atoms with Gasteiger partial charge < -0.3 is 14.0 Å². The molecule has 0 amide bonds. The van der Waals surface area contributed by atoms with Gasteiger partial charge in [-0.1, -0.05) is 72.8 Å². The summed E-state index contributed by atoms with van der Waals surface area (Å²) in [6.07, 6.45) is 0.539. The number of aliphatic imine (C=N–C) groups is 2. The van der Waals surface area contributed by atoms with E-state index in [-0.39, 0.29) is 13.2 Å². The van der Waals surface area contributed by atoms with Gasteiger partial charge in [-0.15, -0.1) is 10.2 Å². The highest BCUT2D eigenvalue weighted by Gasteiger charge is 2.31. The second-order valence-corrected chi connectivity index (χ2v) is 9.16. The highest BCUT2D eigenvalue weighted by molar-refractivity contribution is 14.1. The molecule has 8 heteroatoms. The van der Waals surface area contributed by atoms with E-state index >= 15 is 0 Å². The number of hydrogen-bond acceptors (Lipinski definition) is 6. The predicted molar refractivity (Wildman–Crippen MR) is 144 cm³/mol. The molecule has 0 radical (unpaired) electrons. The number of hydrogen-bond donors (Lipinski definition) is 0. The summed E-state index contributed by atoms with van der Waals surface area (Å²) in [4.78, 5) is 8.87. The number of halogens is 1. The molecule has 0 bridgehead atoms. The van der Waals surface area contributed by atoms with Crippen molar-refractivity contribution in [3.63, 3.8) is 0 Å². The van der Waals surface area contributed by atoms with Crippen LogP contribution in [-0.2, 0) is 29.2 Å². The Hall–Kier alpha value is -3.21. The third kappa shape index (κ3) is 6.08. The van der Waals surface area contributed by atoms with Crippen LogP contribution in [0.1, 0.15) is 12.5 Å². The Bertz CT molecular complexity index is 1350. The van der Waals surface area contributed by atoms with Crippen molar-refractivity contribution in [2.24, 2.45) is 9.98 Å². The van der Waals surface area contributed by atoms with Crippen molar-refractivity contribution in [2.75, 3.05) is 0 Å². The van der Waals surface area contributed by atoms with Gasteiger partial charge in [0.05, 0.1) is 26.8 Å². The molecule has 0 N–H and O–H groups in total. The van der Waals surface area contributed by atoms with E-state index in [9.17, 15) is 1.37 Å². The Balaban J connectivity index is 1.41. The first-order valence-corrected chi connectivity index (χ1v) is 12.3. The van der Waals surface area contributed by atoms with Crippen LogP contribution in [0.15, 0.2) is 101 Å². The minimum Gasteiger partial charge on any atom is -0.363 e. The molecule has 4 aromatic rings. The molecule has 0 saturated carbocycles. The molecule has 5 rings (SSSR count). The summed E-state index contributed by atoms with van der Waals surface area (Å²) in [7, 11) is 0. The van der Waals surface area contributed by atoms with Gasteiger partial charge in [-0.2, -0.15) is 0 Å². The summed E-state index contributed by atoms with van der Waals surface area (Å²) in [6, 6.07) is 27.6. The fraction of sp³-hybridized carbons (Fsp3) is 0.185. The Morgan fingerprint density at radius 3 is 2.20 bits per heavy atom. The quantitative estimate of drug-likeness (QED) is 0.257. The van der Waals surface area contributed by atoms with Crippen LogP contribution < -0.4 is 0 Å². The van der Waals surface area contributed by atoms with Gasteiger partial charge in [0.2, 0.25) is 0 Å². The van der Waals surface area contributed by atoms with Crippen molar-refractivity contribution in [1.29, 1.82) is 0 Å². The van der Waals surface area contributed by atoms with Crippen molar-refractivity contribution >= 4 is 34.6 Å². The lowest BCUT2D eigenvalue weighted by atomic mass is 10.1. The number of nitrogens with zero attached hydrogens (tertiary/aromatic N) is 5. The smallest absolute Gasteiger partial charge is 0.181 e. The van der Waals surface area contributed by atoms with Crippen molar-refractivity contribution in [1.82, 2.24) is 14.8 Å². The van der Waals surface area contributed by atoms with Crippen LogP contribution in [-0.4, -0.2) is 39.1 Å². The average molecular weight is 578 g/mol. The Kier molecular flexibility index (Phi) is 7.30. The number of benzene rings is 3. The highest BCUT2D eigenvalue weighted by atomic mass is 127. The largest absolute Gasteiger partial charge is 0.363 e. The first-order chi connectivity index (χ1) is 17.6. The molecule has 1 aliphatic heterocycles. The van der Waals surface area contributed by atoms with Crippen LogP contribution in [0.25, 0.3) is 11.4 Å². The third-order valence-electron chi connectivity index (χ3n) is 5.45. The topological polar surface area (TPSA) is 73.9 Å². The van der Waals surface area contributed by atoms with Crippen LogP contribution in [0.3, 0.4) is 0 Å². The fourth-order valence-corrected chi connectivity index (χ4v) is 4.03. The van der Waals surface area contributed by atoms with E-state index in [4.69, 9.17) is 9.47 Å². The van der Waals surface area contributed by atoms with Gasteiger partial charge in [-0.3, -0.25) is 0 Å².